The molecule has 0 atom stereocenters. The van der Waals surface area contributed by atoms with Crippen LogP contribution >= 0.6 is 0 Å². The van der Waals surface area contributed by atoms with E-state index in [2.05, 4.69) is 10.6 Å². The second-order valence-corrected chi connectivity index (χ2v) is 8.17. The normalized spacial score (nSPS) is 10.9. The molecule has 0 unspecified atom stereocenters. The molecular weight excluding hydrogens is 366 g/mol. The molecule has 0 saturated carbocycles. The van der Waals surface area contributed by atoms with Gasteiger partial charge in [-0.15, -0.1) is 0 Å². The number of hydrogen-bond acceptors (Lipinski definition) is 4. The number of sulfonamides is 1. The van der Waals surface area contributed by atoms with Crippen molar-refractivity contribution in [2.75, 3.05) is 22.4 Å². The molecule has 144 valence electrons. The maximum atomic E-state index is 12.3. The van der Waals surface area contributed by atoms with E-state index in [0.717, 1.165) is 21.7 Å². The molecule has 8 heteroatoms. The van der Waals surface area contributed by atoms with Crippen molar-refractivity contribution in [1.29, 1.82) is 0 Å². The van der Waals surface area contributed by atoms with Crippen LogP contribution in [-0.4, -0.2) is 33.0 Å². The van der Waals surface area contributed by atoms with E-state index in [-0.39, 0.29) is 12.5 Å². The van der Waals surface area contributed by atoms with Crippen LogP contribution in [-0.2, 0) is 26.2 Å². The van der Waals surface area contributed by atoms with Crippen molar-refractivity contribution in [2.45, 2.75) is 20.4 Å². The fourth-order valence-corrected chi connectivity index (χ4v) is 3.28. The van der Waals surface area contributed by atoms with E-state index in [9.17, 15) is 18.0 Å². The summed E-state index contributed by atoms with van der Waals surface area (Å²) < 4.78 is 25.3. The van der Waals surface area contributed by atoms with Crippen LogP contribution in [0.5, 0.6) is 0 Å². The Balaban J connectivity index is 2.11. The number of amides is 2. The highest BCUT2D eigenvalue weighted by Gasteiger charge is 2.21. The minimum atomic E-state index is -3.69. The quantitative estimate of drug-likeness (QED) is 0.757. The largest absolute Gasteiger partial charge is 0.350 e. The van der Waals surface area contributed by atoms with Crippen molar-refractivity contribution in [3.05, 3.63) is 59.7 Å². The molecule has 2 N–H and O–H groups in total. The van der Waals surface area contributed by atoms with Crippen LogP contribution < -0.4 is 14.9 Å². The molecule has 2 amide bonds. The monoisotopic (exact) mass is 389 g/mol. The highest BCUT2D eigenvalue weighted by molar-refractivity contribution is 7.92. The molecule has 0 heterocycles. The lowest BCUT2D eigenvalue weighted by Crippen LogP contribution is -2.40. The standard InChI is InChI=1S/C19H23N3O4S/c1-14-7-9-16(10-8-14)12-20-19(24)13-22(27(3,25)26)18-6-4-5-17(11-18)21-15(2)23/h4-11H,12-13H2,1-3H3,(H,20,24)(H,21,23). The van der Waals surface area contributed by atoms with Gasteiger partial charge in [0.05, 0.1) is 11.9 Å². The van der Waals surface area contributed by atoms with Gasteiger partial charge in [0, 0.05) is 19.2 Å². The number of benzene rings is 2. The van der Waals surface area contributed by atoms with Gasteiger partial charge >= 0.3 is 0 Å². The Labute approximate surface area is 159 Å². The Hall–Kier alpha value is -2.87. The minimum absolute atomic E-state index is 0.270. The molecule has 0 aliphatic carbocycles. The third kappa shape index (κ3) is 6.41. The van der Waals surface area contributed by atoms with Crippen LogP contribution in [0.1, 0.15) is 18.1 Å². The van der Waals surface area contributed by atoms with Crippen LogP contribution in [0.2, 0.25) is 0 Å². The van der Waals surface area contributed by atoms with Gasteiger partial charge in [0.25, 0.3) is 0 Å². The molecule has 0 aliphatic rings. The number of carbonyl (C=O) groups excluding carboxylic acids is 2. The number of rotatable bonds is 7. The van der Waals surface area contributed by atoms with Gasteiger partial charge in [-0.3, -0.25) is 13.9 Å². The highest BCUT2D eigenvalue weighted by atomic mass is 32.2. The fraction of sp³-hybridized carbons (Fsp3) is 0.263. The first-order chi connectivity index (χ1) is 12.6. The Morgan fingerprint density at radius 2 is 1.74 bits per heavy atom. The second kappa shape index (κ2) is 8.68. The summed E-state index contributed by atoms with van der Waals surface area (Å²) in [5, 5.41) is 5.32. The topological polar surface area (TPSA) is 95.6 Å². The zero-order valence-corrected chi connectivity index (χ0v) is 16.3. The summed E-state index contributed by atoms with van der Waals surface area (Å²) in [4.78, 5) is 23.5. The molecule has 0 spiro atoms. The predicted molar refractivity (Wildman–Crippen MR) is 106 cm³/mol. The van der Waals surface area contributed by atoms with E-state index < -0.39 is 15.9 Å². The lowest BCUT2D eigenvalue weighted by atomic mass is 10.1. The molecule has 0 radical (unpaired) electrons. The van der Waals surface area contributed by atoms with E-state index in [0.29, 0.717) is 17.9 Å². The molecule has 27 heavy (non-hydrogen) atoms. The first-order valence-corrected chi connectivity index (χ1v) is 10.2. The Bertz CT molecular complexity index is 924. The van der Waals surface area contributed by atoms with Crippen LogP contribution in [0, 0.1) is 6.92 Å². The molecule has 0 aliphatic heterocycles. The molecule has 0 saturated heterocycles. The first-order valence-electron chi connectivity index (χ1n) is 8.33. The fourth-order valence-electron chi connectivity index (χ4n) is 2.43. The van der Waals surface area contributed by atoms with Crippen molar-refractivity contribution < 1.29 is 18.0 Å². The Kier molecular flexibility index (Phi) is 6.57. The van der Waals surface area contributed by atoms with Gasteiger partial charge in [0.2, 0.25) is 21.8 Å². The first kappa shape index (κ1) is 20.4. The SMILES string of the molecule is CC(=O)Nc1cccc(N(CC(=O)NCc2ccc(C)cc2)S(C)(=O)=O)c1. The predicted octanol–water partition coefficient (Wildman–Crippen LogP) is 2.04. The molecule has 0 aromatic heterocycles. The average molecular weight is 389 g/mol. The van der Waals surface area contributed by atoms with Crippen LogP contribution in [0.3, 0.4) is 0 Å². The van der Waals surface area contributed by atoms with Crippen molar-refractivity contribution in [3.63, 3.8) is 0 Å². The van der Waals surface area contributed by atoms with Gasteiger partial charge < -0.3 is 10.6 Å². The summed E-state index contributed by atoms with van der Waals surface area (Å²) in [6, 6.07) is 14.0. The number of anilines is 2. The average Bonchev–Trinajstić information content (AvgIpc) is 2.58. The minimum Gasteiger partial charge on any atom is -0.350 e. The van der Waals surface area contributed by atoms with E-state index in [1.54, 1.807) is 18.2 Å². The smallest absolute Gasteiger partial charge is 0.241 e. The third-order valence-corrected chi connectivity index (χ3v) is 4.89. The molecule has 2 aromatic carbocycles. The van der Waals surface area contributed by atoms with Crippen molar-refractivity contribution in [2.24, 2.45) is 0 Å². The van der Waals surface area contributed by atoms with Gasteiger partial charge in [-0.1, -0.05) is 35.9 Å². The molecule has 7 nitrogen and oxygen atoms in total. The van der Waals surface area contributed by atoms with Gasteiger partial charge in [-0.2, -0.15) is 0 Å². The summed E-state index contributed by atoms with van der Waals surface area (Å²) in [6.07, 6.45) is 1.03. The molecule has 0 fully saturated rings. The van der Waals surface area contributed by atoms with Crippen LogP contribution in [0.4, 0.5) is 11.4 Å². The number of nitrogens with one attached hydrogen (secondary N) is 2. The Morgan fingerprint density at radius 3 is 2.33 bits per heavy atom. The van der Waals surface area contributed by atoms with E-state index >= 15 is 0 Å². The van der Waals surface area contributed by atoms with E-state index in [4.69, 9.17) is 0 Å². The van der Waals surface area contributed by atoms with Crippen molar-refractivity contribution in [3.8, 4) is 0 Å². The second-order valence-electron chi connectivity index (χ2n) is 6.26. The van der Waals surface area contributed by atoms with Crippen molar-refractivity contribution >= 4 is 33.2 Å². The van der Waals surface area contributed by atoms with Gasteiger partial charge in [-0.05, 0) is 30.7 Å². The lowest BCUT2D eigenvalue weighted by molar-refractivity contribution is -0.119. The summed E-state index contributed by atoms with van der Waals surface area (Å²) in [7, 11) is -3.69. The number of carbonyl (C=O) groups is 2. The zero-order valence-electron chi connectivity index (χ0n) is 15.5. The number of nitrogens with zero attached hydrogens (tertiary/aromatic N) is 1. The van der Waals surface area contributed by atoms with E-state index in [1.165, 1.54) is 13.0 Å². The number of hydrogen-bond donors (Lipinski definition) is 2. The Morgan fingerprint density at radius 1 is 1.07 bits per heavy atom. The summed E-state index contributed by atoms with van der Waals surface area (Å²) in [5.74, 6) is -0.695. The molecule has 2 aromatic rings. The van der Waals surface area contributed by atoms with Crippen molar-refractivity contribution in [1.82, 2.24) is 5.32 Å². The molecule has 0 bridgehead atoms. The summed E-state index contributed by atoms with van der Waals surface area (Å²) >= 11 is 0. The molecular formula is C19H23N3O4S. The lowest BCUT2D eigenvalue weighted by Gasteiger charge is -2.22. The number of aryl methyl sites for hydroxylation is 1. The van der Waals surface area contributed by atoms with Gasteiger partial charge in [0.15, 0.2) is 0 Å². The van der Waals surface area contributed by atoms with Gasteiger partial charge in [-0.25, -0.2) is 8.42 Å². The maximum absolute atomic E-state index is 12.3. The highest BCUT2D eigenvalue weighted by Crippen LogP contribution is 2.21. The zero-order chi connectivity index (χ0) is 20.0. The molecule has 2 rings (SSSR count). The summed E-state index contributed by atoms with van der Waals surface area (Å²) in [5.41, 5.74) is 2.79. The maximum Gasteiger partial charge on any atom is 0.241 e. The van der Waals surface area contributed by atoms with Crippen LogP contribution in [0.15, 0.2) is 48.5 Å². The van der Waals surface area contributed by atoms with Gasteiger partial charge in [0.1, 0.15) is 6.54 Å². The van der Waals surface area contributed by atoms with E-state index in [1.807, 2.05) is 31.2 Å². The summed E-state index contributed by atoms with van der Waals surface area (Å²) in [6.45, 7) is 3.29. The third-order valence-electron chi connectivity index (χ3n) is 3.75. The van der Waals surface area contributed by atoms with Crippen LogP contribution in [0.25, 0.3) is 0 Å².